The van der Waals surface area contributed by atoms with E-state index in [2.05, 4.69) is 24.1 Å². The molecule has 1 aromatic carbocycles. The van der Waals surface area contributed by atoms with Crippen molar-refractivity contribution in [1.82, 2.24) is 10.2 Å². The van der Waals surface area contributed by atoms with E-state index in [1.165, 1.54) is 0 Å². The van der Waals surface area contributed by atoms with Crippen LogP contribution in [0.4, 0.5) is 0 Å². The molecular formula is C16H22N2O. The van der Waals surface area contributed by atoms with Gasteiger partial charge in [0, 0.05) is 30.7 Å². The van der Waals surface area contributed by atoms with Crippen LogP contribution in [0.5, 0.6) is 0 Å². The fourth-order valence-electron chi connectivity index (χ4n) is 3.72. The molecule has 0 saturated carbocycles. The minimum absolute atomic E-state index is 0.0481. The lowest BCUT2D eigenvalue weighted by Gasteiger charge is -2.36. The average Bonchev–Trinajstić information content (AvgIpc) is 2.92. The Labute approximate surface area is 115 Å². The molecule has 2 heterocycles. The zero-order valence-corrected chi connectivity index (χ0v) is 11.9. The van der Waals surface area contributed by atoms with Crippen molar-refractivity contribution in [3.8, 4) is 0 Å². The molecule has 3 rings (SSSR count). The molecule has 3 nitrogen and oxygen atoms in total. The maximum Gasteiger partial charge on any atom is 0.254 e. The number of nitrogens with one attached hydrogen (secondary N) is 1. The van der Waals surface area contributed by atoms with E-state index in [0.29, 0.717) is 11.8 Å². The van der Waals surface area contributed by atoms with Gasteiger partial charge in [-0.15, -0.1) is 0 Å². The number of benzene rings is 1. The molecule has 0 aromatic heterocycles. The number of nitrogens with zero attached hydrogens (tertiary/aromatic N) is 1. The Kier molecular flexibility index (Phi) is 2.90. The fraction of sp³-hybridized carbons (Fsp3) is 0.562. The van der Waals surface area contributed by atoms with Gasteiger partial charge in [-0.2, -0.15) is 0 Å². The molecule has 2 aliphatic heterocycles. The first-order valence-corrected chi connectivity index (χ1v) is 7.10. The molecule has 102 valence electrons. The predicted octanol–water partition coefficient (Wildman–Crippen LogP) is 2.07. The second-order valence-electron chi connectivity index (χ2n) is 6.41. The largest absolute Gasteiger partial charge is 0.333 e. The van der Waals surface area contributed by atoms with E-state index < -0.39 is 0 Å². The minimum atomic E-state index is -0.0481. The van der Waals surface area contributed by atoms with Crippen molar-refractivity contribution < 1.29 is 4.79 Å². The smallest absolute Gasteiger partial charge is 0.254 e. The van der Waals surface area contributed by atoms with Gasteiger partial charge in [0.25, 0.3) is 5.91 Å². The summed E-state index contributed by atoms with van der Waals surface area (Å²) in [7, 11) is 0. The molecule has 2 atom stereocenters. The highest BCUT2D eigenvalue weighted by Gasteiger charge is 2.51. The summed E-state index contributed by atoms with van der Waals surface area (Å²) in [6.07, 6.45) is 0. The monoisotopic (exact) mass is 258 g/mol. The van der Waals surface area contributed by atoms with Crippen LogP contribution in [0.15, 0.2) is 24.3 Å². The Hall–Kier alpha value is -1.35. The van der Waals surface area contributed by atoms with Gasteiger partial charge in [-0.3, -0.25) is 4.79 Å². The van der Waals surface area contributed by atoms with Crippen LogP contribution in [-0.2, 0) is 0 Å². The van der Waals surface area contributed by atoms with E-state index >= 15 is 0 Å². The minimum Gasteiger partial charge on any atom is -0.333 e. The maximum atomic E-state index is 12.8. The lowest BCUT2D eigenvalue weighted by atomic mass is 9.84. The number of carbonyl (C=O) groups is 1. The molecule has 0 bridgehead atoms. The van der Waals surface area contributed by atoms with Crippen molar-refractivity contribution >= 4 is 5.91 Å². The highest BCUT2D eigenvalue weighted by atomic mass is 16.2. The second-order valence-corrected chi connectivity index (χ2v) is 6.41. The average molecular weight is 258 g/mol. The Morgan fingerprint density at radius 3 is 2.74 bits per heavy atom. The summed E-state index contributed by atoms with van der Waals surface area (Å²) in [6, 6.07) is 7.89. The summed E-state index contributed by atoms with van der Waals surface area (Å²) >= 11 is 0. The van der Waals surface area contributed by atoms with E-state index in [-0.39, 0.29) is 11.4 Å². The molecule has 1 N–H and O–H groups in total. The van der Waals surface area contributed by atoms with Crippen molar-refractivity contribution in [2.24, 2.45) is 11.8 Å². The fourth-order valence-corrected chi connectivity index (χ4v) is 3.72. The topological polar surface area (TPSA) is 32.3 Å². The van der Waals surface area contributed by atoms with Crippen molar-refractivity contribution in [2.45, 2.75) is 26.3 Å². The number of fused-ring (bicyclic) bond motifs is 1. The number of likely N-dealkylation sites (tertiary alicyclic amines) is 1. The third-order valence-electron chi connectivity index (χ3n) is 4.98. The molecule has 1 aromatic rings. The number of hydrogen-bond acceptors (Lipinski definition) is 2. The van der Waals surface area contributed by atoms with Gasteiger partial charge < -0.3 is 10.2 Å². The lowest BCUT2D eigenvalue weighted by Crippen LogP contribution is -2.47. The molecule has 3 heteroatoms. The molecule has 2 unspecified atom stereocenters. The summed E-state index contributed by atoms with van der Waals surface area (Å²) in [5, 5.41) is 3.45. The molecule has 2 fully saturated rings. The SMILES string of the molecule is Cc1ccccc1C(=O)N1CC2CNCC2C1(C)C. The Balaban J connectivity index is 1.91. The zero-order chi connectivity index (χ0) is 13.6. The standard InChI is InChI=1S/C16H22N2O/c1-11-6-4-5-7-13(11)15(19)18-10-12-8-17-9-14(12)16(18,2)3/h4-7,12,14,17H,8-10H2,1-3H3. The van der Waals surface area contributed by atoms with Crippen LogP contribution in [-0.4, -0.2) is 36.0 Å². The molecular weight excluding hydrogens is 236 g/mol. The van der Waals surface area contributed by atoms with E-state index in [4.69, 9.17) is 0 Å². The molecule has 19 heavy (non-hydrogen) atoms. The van der Waals surface area contributed by atoms with E-state index in [0.717, 1.165) is 30.8 Å². The van der Waals surface area contributed by atoms with Crippen LogP contribution >= 0.6 is 0 Å². The maximum absolute atomic E-state index is 12.8. The molecule has 1 amide bonds. The summed E-state index contributed by atoms with van der Waals surface area (Å²) in [4.78, 5) is 14.9. The highest BCUT2D eigenvalue weighted by molar-refractivity contribution is 5.96. The molecule has 0 radical (unpaired) electrons. The van der Waals surface area contributed by atoms with Crippen molar-refractivity contribution in [1.29, 1.82) is 0 Å². The summed E-state index contributed by atoms with van der Waals surface area (Å²) in [6.45, 7) is 9.40. The normalized spacial score (nSPS) is 28.5. The molecule has 2 saturated heterocycles. The van der Waals surface area contributed by atoms with Gasteiger partial charge in [-0.05, 0) is 44.2 Å². The van der Waals surface area contributed by atoms with E-state index in [1.807, 2.05) is 31.2 Å². The van der Waals surface area contributed by atoms with Crippen LogP contribution < -0.4 is 5.32 Å². The van der Waals surface area contributed by atoms with E-state index in [9.17, 15) is 4.79 Å². The van der Waals surface area contributed by atoms with Crippen LogP contribution in [0.3, 0.4) is 0 Å². The summed E-state index contributed by atoms with van der Waals surface area (Å²) in [5.41, 5.74) is 1.87. The van der Waals surface area contributed by atoms with Crippen LogP contribution in [0.2, 0.25) is 0 Å². The van der Waals surface area contributed by atoms with Gasteiger partial charge in [0.1, 0.15) is 0 Å². The van der Waals surface area contributed by atoms with Crippen LogP contribution in [0.1, 0.15) is 29.8 Å². The molecule has 2 aliphatic rings. The predicted molar refractivity (Wildman–Crippen MR) is 76.1 cm³/mol. The van der Waals surface area contributed by atoms with Crippen molar-refractivity contribution in [3.05, 3.63) is 35.4 Å². The van der Waals surface area contributed by atoms with Crippen molar-refractivity contribution in [2.75, 3.05) is 19.6 Å². The van der Waals surface area contributed by atoms with Gasteiger partial charge in [0.2, 0.25) is 0 Å². The molecule has 0 spiro atoms. The first-order chi connectivity index (χ1) is 9.01. The first-order valence-electron chi connectivity index (χ1n) is 7.10. The van der Waals surface area contributed by atoms with Gasteiger partial charge in [-0.25, -0.2) is 0 Å². The lowest BCUT2D eigenvalue weighted by molar-refractivity contribution is 0.0602. The van der Waals surface area contributed by atoms with Crippen LogP contribution in [0, 0.1) is 18.8 Å². The third kappa shape index (κ3) is 1.88. The van der Waals surface area contributed by atoms with Gasteiger partial charge in [-0.1, -0.05) is 18.2 Å². The Morgan fingerprint density at radius 1 is 1.32 bits per heavy atom. The number of amides is 1. The highest BCUT2D eigenvalue weighted by Crippen LogP contribution is 2.41. The Bertz CT molecular complexity index is 509. The van der Waals surface area contributed by atoms with Gasteiger partial charge >= 0.3 is 0 Å². The summed E-state index contributed by atoms with van der Waals surface area (Å²) in [5.74, 6) is 1.39. The summed E-state index contributed by atoms with van der Waals surface area (Å²) < 4.78 is 0. The zero-order valence-electron chi connectivity index (χ0n) is 11.9. The van der Waals surface area contributed by atoms with E-state index in [1.54, 1.807) is 0 Å². The van der Waals surface area contributed by atoms with Crippen LogP contribution in [0.25, 0.3) is 0 Å². The number of hydrogen-bond donors (Lipinski definition) is 1. The van der Waals surface area contributed by atoms with Gasteiger partial charge in [0.05, 0.1) is 0 Å². The number of rotatable bonds is 1. The molecule has 0 aliphatic carbocycles. The second kappa shape index (κ2) is 4.34. The number of aryl methyl sites for hydroxylation is 1. The quantitative estimate of drug-likeness (QED) is 0.836. The van der Waals surface area contributed by atoms with Gasteiger partial charge in [0.15, 0.2) is 0 Å². The Morgan fingerprint density at radius 2 is 2.05 bits per heavy atom. The first kappa shape index (κ1) is 12.7. The number of carbonyl (C=O) groups excluding carboxylic acids is 1. The van der Waals surface area contributed by atoms with Crippen molar-refractivity contribution in [3.63, 3.8) is 0 Å². The third-order valence-corrected chi connectivity index (χ3v) is 4.98.